The van der Waals surface area contributed by atoms with E-state index in [9.17, 15) is 0 Å². The molecule has 0 aliphatic rings. The number of aromatic amines is 1. The van der Waals surface area contributed by atoms with Gasteiger partial charge in [0.05, 0.1) is 23.1 Å². The molecule has 16 heavy (non-hydrogen) atoms. The summed E-state index contributed by atoms with van der Waals surface area (Å²) in [7, 11) is 0. The Kier molecular flexibility index (Phi) is 2.19. The van der Waals surface area contributed by atoms with Crippen LogP contribution < -0.4 is 5.73 Å². The first kappa shape index (κ1) is 9.50. The van der Waals surface area contributed by atoms with Gasteiger partial charge in [-0.25, -0.2) is 9.97 Å². The van der Waals surface area contributed by atoms with Crippen molar-refractivity contribution in [3.8, 4) is 10.6 Å². The number of hydrogen-bond acceptors (Lipinski definition) is 4. The molecule has 0 unspecified atom stereocenters. The van der Waals surface area contributed by atoms with Crippen LogP contribution in [0.5, 0.6) is 0 Å². The lowest BCUT2D eigenvalue weighted by Crippen LogP contribution is -1.95. The summed E-state index contributed by atoms with van der Waals surface area (Å²) in [6.07, 6.45) is 1.70. The van der Waals surface area contributed by atoms with E-state index in [-0.39, 0.29) is 0 Å². The molecule has 0 spiro atoms. The molecule has 80 valence electrons. The summed E-state index contributed by atoms with van der Waals surface area (Å²) in [5, 5.41) is 2.99. The third-order valence-electron chi connectivity index (χ3n) is 2.43. The number of hydrogen-bond donors (Lipinski definition) is 2. The zero-order valence-electron chi connectivity index (χ0n) is 8.47. The SMILES string of the molecule is NCc1csc(-c2ccc3nc[nH]c3c2)n1. The van der Waals surface area contributed by atoms with Crippen LogP contribution in [-0.2, 0) is 6.54 Å². The predicted octanol–water partition coefficient (Wildman–Crippen LogP) is 2.15. The summed E-state index contributed by atoms with van der Waals surface area (Å²) in [6.45, 7) is 0.489. The summed E-state index contributed by atoms with van der Waals surface area (Å²) in [6, 6.07) is 6.08. The topological polar surface area (TPSA) is 67.6 Å². The van der Waals surface area contributed by atoms with Crippen molar-refractivity contribution >= 4 is 22.4 Å². The molecule has 0 saturated carbocycles. The Hall–Kier alpha value is -1.72. The van der Waals surface area contributed by atoms with E-state index in [1.807, 2.05) is 17.5 Å². The molecule has 0 fully saturated rings. The Bertz CT molecular complexity index is 625. The first-order chi connectivity index (χ1) is 7.86. The molecule has 2 heterocycles. The summed E-state index contributed by atoms with van der Waals surface area (Å²) in [5.74, 6) is 0. The zero-order chi connectivity index (χ0) is 11.0. The van der Waals surface area contributed by atoms with Crippen LogP contribution in [0.2, 0.25) is 0 Å². The number of rotatable bonds is 2. The number of benzene rings is 1. The average Bonchev–Trinajstić information content (AvgIpc) is 2.96. The minimum atomic E-state index is 0.489. The Balaban J connectivity index is 2.10. The molecule has 4 nitrogen and oxygen atoms in total. The molecule has 0 atom stereocenters. The van der Waals surface area contributed by atoms with Crippen LogP contribution in [0.1, 0.15) is 5.69 Å². The molecule has 0 bridgehead atoms. The van der Waals surface area contributed by atoms with Gasteiger partial charge in [0.2, 0.25) is 0 Å². The van der Waals surface area contributed by atoms with Crippen molar-refractivity contribution in [1.82, 2.24) is 15.0 Å². The van der Waals surface area contributed by atoms with Crippen molar-refractivity contribution in [3.63, 3.8) is 0 Å². The lowest BCUT2D eigenvalue weighted by molar-refractivity contribution is 1.01. The Morgan fingerprint density at radius 2 is 2.31 bits per heavy atom. The fraction of sp³-hybridized carbons (Fsp3) is 0.0909. The van der Waals surface area contributed by atoms with E-state index < -0.39 is 0 Å². The highest BCUT2D eigenvalue weighted by molar-refractivity contribution is 7.13. The molecule has 3 rings (SSSR count). The maximum Gasteiger partial charge on any atom is 0.123 e. The van der Waals surface area contributed by atoms with E-state index in [2.05, 4.69) is 21.0 Å². The largest absolute Gasteiger partial charge is 0.345 e. The lowest BCUT2D eigenvalue weighted by Gasteiger charge is -1.95. The molecule has 2 aromatic heterocycles. The van der Waals surface area contributed by atoms with Gasteiger partial charge < -0.3 is 10.7 Å². The highest BCUT2D eigenvalue weighted by atomic mass is 32.1. The monoisotopic (exact) mass is 230 g/mol. The number of thiazole rings is 1. The van der Waals surface area contributed by atoms with Gasteiger partial charge in [0.15, 0.2) is 0 Å². The van der Waals surface area contributed by atoms with E-state index in [4.69, 9.17) is 5.73 Å². The molecular weight excluding hydrogens is 220 g/mol. The van der Waals surface area contributed by atoms with E-state index in [0.717, 1.165) is 27.3 Å². The standard InChI is InChI=1S/C11H10N4S/c12-4-8-5-16-11(15-8)7-1-2-9-10(3-7)14-6-13-9/h1-3,5-6H,4,12H2,(H,13,14). The fourth-order valence-corrected chi connectivity index (χ4v) is 2.43. The molecule has 0 radical (unpaired) electrons. The quantitative estimate of drug-likeness (QED) is 0.708. The molecular formula is C11H10N4S. The van der Waals surface area contributed by atoms with Gasteiger partial charge in [0.25, 0.3) is 0 Å². The minimum Gasteiger partial charge on any atom is -0.345 e. The van der Waals surface area contributed by atoms with Crippen LogP contribution >= 0.6 is 11.3 Å². The molecule has 3 aromatic rings. The lowest BCUT2D eigenvalue weighted by atomic mass is 10.2. The molecule has 0 amide bonds. The van der Waals surface area contributed by atoms with Crippen LogP contribution in [0.25, 0.3) is 21.6 Å². The van der Waals surface area contributed by atoms with Crippen molar-refractivity contribution < 1.29 is 0 Å². The van der Waals surface area contributed by atoms with Crippen LogP contribution in [0.4, 0.5) is 0 Å². The first-order valence-corrected chi connectivity index (χ1v) is 5.83. The number of fused-ring (bicyclic) bond motifs is 1. The molecule has 0 aliphatic carbocycles. The summed E-state index contributed by atoms with van der Waals surface area (Å²) in [5.41, 5.74) is 9.58. The maximum atomic E-state index is 5.54. The summed E-state index contributed by atoms with van der Waals surface area (Å²) < 4.78 is 0. The molecule has 5 heteroatoms. The maximum absolute atomic E-state index is 5.54. The summed E-state index contributed by atoms with van der Waals surface area (Å²) in [4.78, 5) is 11.7. The van der Waals surface area contributed by atoms with Crippen LogP contribution in [-0.4, -0.2) is 15.0 Å². The van der Waals surface area contributed by atoms with Gasteiger partial charge in [-0.05, 0) is 18.2 Å². The number of imidazole rings is 1. The number of nitrogens with zero attached hydrogens (tertiary/aromatic N) is 2. The second-order valence-electron chi connectivity index (χ2n) is 3.48. The first-order valence-electron chi connectivity index (χ1n) is 4.95. The third kappa shape index (κ3) is 1.50. The average molecular weight is 230 g/mol. The number of H-pyrrole nitrogens is 1. The van der Waals surface area contributed by atoms with Gasteiger partial charge >= 0.3 is 0 Å². The van der Waals surface area contributed by atoms with Crippen molar-refractivity contribution in [1.29, 1.82) is 0 Å². The highest BCUT2D eigenvalue weighted by Crippen LogP contribution is 2.25. The fourth-order valence-electron chi connectivity index (χ4n) is 1.60. The van der Waals surface area contributed by atoms with Gasteiger partial charge in [0, 0.05) is 17.5 Å². The highest BCUT2D eigenvalue weighted by Gasteiger charge is 2.05. The Morgan fingerprint density at radius 3 is 3.12 bits per heavy atom. The van der Waals surface area contributed by atoms with E-state index in [1.165, 1.54) is 0 Å². The van der Waals surface area contributed by atoms with Crippen molar-refractivity contribution in [2.75, 3.05) is 0 Å². The van der Waals surface area contributed by atoms with Crippen LogP contribution in [0, 0.1) is 0 Å². The minimum absolute atomic E-state index is 0.489. The van der Waals surface area contributed by atoms with Crippen molar-refractivity contribution in [2.24, 2.45) is 5.73 Å². The molecule has 3 N–H and O–H groups in total. The van der Waals surface area contributed by atoms with E-state index in [0.29, 0.717) is 6.54 Å². The van der Waals surface area contributed by atoms with Gasteiger partial charge in [-0.1, -0.05) is 0 Å². The number of nitrogens with two attached hydrogens (primary N) is 1. The predicted molar refractivity (Wildman–Crippen MR) is 65.1 cm³/mol. The van der Waals surface area contributed by atoms with Gasteiger partial charge in [-0.2, -0.15) is 0 Å². The number of aromatic nitrogens is 3. The number of nitrogens with one attached hydrogen (secondary N) is 1. The third-order valence-corrected chi connectivity index (χ3v) is 3.37. The second-order valence-corrected chi connectivity index (χ2v) is 4.34. The molecule has 0 aliphatic heterocycles. The van der Waals surface area contributed by atoms with E-state index in [1.54, 1.807) is 17.7 Å². The molecule has 1 aromatic carbocycles. The Labute approximate surface area is 96.2 Å². The van der Waals surface area contributed by atoms with Crippen molar-refractivity contribution in [2.45, 2.75) is 6.54 Å². The van der Waals surface area contributed by atoms with Crippen LogP contribution in [0.15, 0.2) is 29.9 Å². The Morgan fingerprint density at radius 1 is 1.38 bits per heavy atom. The van der Waals surface area contributed by atoms with Crippen molar-refractivity contribution in [3.05, 3.63) is 35.6 Å². The second kappa shape index (κ2) is 3.70. The van der Waals surface area contributed by atoms with Gasteiger partial charge in [-0.3, -0.25) is 0 Å². The zero-order valence-corrected chi connectivity index (χ0v) is 9.29. The normalized spacial score (nSPS) is 11.1. The smallest absolute Gasteiger partial charge is 0.123 e. The van der Waals surface area contributed by atoms with Crippen LogP contribution in [0.3, 0.4) is 0 Å². The van der Waals surface area contributed by atoms with E-state index >= 15 is 0 Å². The van der Waals surface area contributed by atoms with Gasteiger partial charge in [-0.15, -0.1) is 11.3 Å². The van der Waals surface area contributed by atoms with Gasteiger partial charge in [0.1, 0.15) is 5.01 Å². The molecule has 0 saturated heterocycles. The summed E-state index contributed by atoms with van der Waals surface area (Å²) >= 11 is 1.61.